The molecule has 25 heavy (non-hydrogen) atoms. The summed E-state index contributed by atoms with van der Waals surface area (Å²) in [7, 11) is 0. The molecular formula is C17H17N3O5. The highest BCUT2D eigenvalue weighted by Gasteiger charge is 2.18. The molecule has 0 unspecified atom stereocenters. The van der Waals surface area contributed by atoms with Crippen molar-refractivity contribution >= 4 is 17.4 Å². The molecule has 0 spiro atoms. The summed E-state index contributed by atoms with van der Waals surface area (Å²) in [5.41, 5.74) is 0.0542. The molecule has 1 amide bonds. The van der Waals surface area contributed by atoms with Gasteiger partial charge in [-0.2, -0.15) is 0 Å². The Balaban J connectivity index is 2.09. The van der Waals surface area contributed by atoms with Crippen molar-refractivity contribution in [2.24, 2.45) is 0 Å². The molecule has 2 rings (SSSR count). The minimum absolute atomic E-state index is 0.219. The van der Waals surface area contributed by atoms with Crippen molar-refractivity contribution in [3.05, 3.63) is 74.7 Å². The van der Waals surface area contributed by atoms with Gasteiger partial charge in [0.1, 0.15) is 6.54 Å². The van der Waals surface area contributed by atoms with Crippen LogP contribution in [0.3, 0.4) is 0 Å². The molecule has 130 valence electrons. The van der Waals surface area contributed by atoms with E-state index < -0.39 is 29.0 Å². The smallest absolute Gasteiger partial charge is 0.285 e. The number of hydrogen-bond donors (Lipinski definition) is 1. The fraction of sp³-hybridized carbons (Fsp3) is 0.235. The quantitative estimate of drug-likeness (QED) is 0.597. The monoisotopic (exact) mass is 343 g/mol. The molecule has 0 bridgehead atoms. The lowest BCUT2D eigenvalue weighted by Gasteiger charge is -2.16. The van der Waals surface area contributed by atoms with E-state index in [-0.39, 0.29) is 11.5 Å². The number of carbonyl (C=O) groups is 2. The zero-order valence-corrected chi connectivity index (χ0v) is 13.5. The topological polar surface area (TPSA) is 111 Å². The number of aromatic nitrogens is 1. The number of nitro groups is 1. The van der Waals surface area contributed by atoms with E-state index in [9.17, 15) is 24.5 Å². The number of pyridine rings is 1. The van der Waals surface area contributed by atoms with E-state index in [4.69, 9.17) is 0 Å². The predicted molar refractivity (Wildman–Crippen MR) is 90.1 cm³/mol. The van der Waals surface area contributed by atoms with Gasteiger partial charge in [0.25, 0.3) is 11.2 Å². The largest absolute Gasteiger partial charge is 0.344 e. The maximum atomic E-state index is 12.2. The zero-order chi connectivity index (χ0) is 18.4. The fourth-order valence-corrected chi connectivity index (χ4v) is 2.29. The van der Waals surface area contributed by atoms with Crippen LogP contribution in [0.2, 0.25) is 0 Å². The van der Waals surface area contributed by atoms with Crippen LogP contribution in [-0.2, 0) is 22.6 Å². The van der Waals surface area contributed by atoms with Gasteiger partial charge in [-0.25, -0.2) is 0 Å². The van der Waals surface area contributed by atoms with Crippen LogP contribution < -0.4 is 10.9 Å². The van der Waals surface area contributed by atoms with Crippen LogP contribution in [0, 0.1) is 10.1 Å². The second-order valence-corrected chi connectivity index (χ2v) is 5.53. The van der Waals surface area contributed by atoms with E-state index in [1.165, 1.54) is 6.92 Å². The summed E-state index contributed by atoms with van der Waals surface area (Å²) in [5.74, 6) is -0.790. The summed E-state index contributed by atoms with van der Waals surface area (Å²) in [5, 5.41) is 13.3. The Labute approximate surface area is 143 Å². The van der Waals surface area contributed by atoms with E-state index in [1.54, 1.807) is 0 Å². The molecule has 2 aromatic rings. The summed E-state index contributed by atoms with van der Waals surface area (Å²) in [6, 6.07) is 10.6. The van der Waals surface area contributed by atoms with Gasteiger partial charge in [-0.05, 0) is 18.9 Å². The maximum Gasteiger partial charge on any atom is 0.285 e. The Morgan fingerprint density at radius 3 is 2.48 bits per heavy atom. The molecular weight excluding hydrogens is 326 g/mol. The first kappa shape index (κ1) is 18.1. The highest BCUT2D eigenvalue weighted by molar-refractivity contribution is 5.87. The molecule has 0 aliphatic heterocycles. The number of hydrogen-bond acceptors (Lipinski definition) is 5. The number of benzene rings is 1. The first-order valence-electron chi connectivity index (χ1n) is 7.55. The molecule has 0 fully saturated rings. The minimum Gasteiger partial charge on any atom is -0.344 e. The average Bonchev–Trinajstić information content (AvgIpc) is 2.57. The molecule has 1 N–H and O–H groups in total. The molecule has 0 aliphatic carbocycles. The molecule has 0 saturated carbocycles. The molecule has 8 nitrogen and oxygen atoms in total. The summed E-state index contributed by atoms with van der Waals surface area (Å²) in [6.45, 7) is 0.965. The highest BCUT2D eigenvalue weighted by Crippen LogP contribution is 2.07. The van der Waals surface area contributed by atoms with E-state index in [1.807, 2.05) is 30.3 Å². The third kappa shape index (κ3) is 5.10. The SMILES string of the molecule is CC(=O)[C@@H](Cc1ccccc1)NC(=O)Cn1cc([N+](=O)[O-])ccc1=O. The Kier molecular flexibility index (Phi) is 5.78. The van der Waals surface area contributed by atoms with Gasteiger partial charge in [-0.1, -0.05) is 30.3 Å². The van der Waals surface area contributed by atoms with E-state index >= 15 is 0 Å². The average molecular weight is 343 g/mol. The summed E-state index contributed by atoms with van der Waals surface area (Å²) in [4.78, 5) is 45.8. The summed E-state index contributed by atoms with van der Waals surface area (Å²) in [6.07, 6.45) is 1.33. The number of nitrogens with one attached hydrogen (secondary N) is 1. The van der Waals surface area contributed by atoms with Crippen LogP contribution in [0.1, 0.15) is 12.5 Å². The van der Waals surface area contributed by atoms with Crippen molar-refractivity contribution in [1.82, 2.24) is 9.88 Å². The molecule has 1 heterocycles. The van der Waals surface area contributed by atoms with Gasteiger partial charge in [-0.15, -0.1) is 0 Å². The van der Waals surface area contributed by atoms with Gasteiger partial charge in [0.05, 0.1) is 17.2 Å². The first-order chi connectivity index (χ1) is 11.9. The number of rotatable bonds is 7. The molecule has 1 aromatic heterocycles. The van der Waals surface area contributed by atoms with Crippen LogP contribution in [0.5, 0.6) is 0 Å². The van der Waals surface area contributed by atoms with E-state index in [0.29, 0.717) is 6.42 Å². The molecule has 0 radical (unpaired) electrons. The Morgan fingerprint density at radius 2 is 1.88 bits per heavy atom. The third-order valence-corrected chi connectivity index (χ3v) is 3.60. The van der Waals surface area contributed by atoms with Gasteiger partial charge in [0.2, 0.25) is 5.91 Å². The number of amides is 1. The standard InChI is InChI=1S/C17H17N3O5/c1-12(21)15(9-13-5-3-2-4-6-13)18-16(22)11-19-10-14(20(24)25)7-8-17(19)23/h2-8,10,15H,9,11H2,1H3,(H,18,22)/t15-/m1/s1. The van der Waals surface area contributed by atoms with Crippen molar-refractivity contribution in [3.63, 3.8) is 0 Å². The second kappa shape index (κ2) is 8.00. The van der Waals surface area contributed by atoms with Crippen molar-refractivity contribution in [1.29, 1.82) is 0 Å². The molecule has 1 atom stereocenters. The number of carbonyl (C=O) groups excluding carboxylic acids is 2. The lowest BCUT2D eigenvalue weighted by atomic mass is 10.0. The van der Waals surface area contributed by atoms with Crippen molar-refractivity contribution < 1.29 is 14.5 Å². The van der Waals surface area contributed by atoms with Gasteiger partial charge >= 0.3 is 0 Å². The summed E-state index contributed by atoms with van der Waals surface area (Å²) >= 11 is 0. The van der Waals surface area contributed by atoms with Crippen molar-refractivity contribution in [2.75, 3.05) is 0 Å². The van der Waals surface area contributed by atoms with Crippen LogP contribution in [0.4, 0.5) is 5.69 Å². The second-order valence-electron chi connectivity index (χ2n) is 5.53. The summed E-state index contributed by atoms with van der Waals surface area (Å²) < 4.78 is 0.938. The lowest BCUT2D eigenvalue weighted by molar-refractivity contribution is -0.385. The molecule has 8 heteroatoms. The Hall–Kier alpha value is -3.29. The van der Waals surface area contributed by atoms with Gasteiger partial charge in [0, 0.05) is 12.1 Å². The fourth-order valence-electron chi connectivity index (χ4n) is 2.29. The Bertz CT molecular complexity index is 845. The lowest BCUT2D eigenvalue weighted by Crippen LogP contribution is -2.43. The molecule has 0 saturated heterocycles. The zero-order valence-electron chi connectivity index (χ0n) is 13.5. The number of Topliss-reactive ketones (excluding diaryl/α,β-unsaturated/α-hetero) is 1. The van der Waals surface area contributed by atoms with Crippen LogP contribution in [0.15, 0.2) is 53.5 Å². The van der Waals surface area contributed by atoms with Gasteiger partial charge in [0.15, 0.2) is 5.78 Å². The van der Waals surface area contributed by atoms with Crippen LogP contribution >= 0.6 is 0 Å². The predicted octanol–water partition coefficient (Wildman–Crippen LogP) is 1.07. The van der Waals surface area contributed by atoms with Gasteiger partial charge in [-0.3, -0.25) is 29.1 Å². The Morgan fingerprint density at radius 1 is 1.20 bits per heavy atom. The first-order valence-corrected chi connectivity index (χ1v) is 7.55. The van der Waals surface area contributed by atoms with E-state index in [0.717, 1.165) is 28.5 Å². The molecule has 0 aliphatic rings. The normalized spacial score (nSPS) is 11.6. The van der Waals surface area contributed by atoms with Crippen LogP contribution in [-0.4, -0.2) is 27.2 Å². The highest BCUT2D eigenvalue weighted by atomic mass is 16.6. The van der Waals surface area contributed by atoms with Gasteiger partial charge < -0.3 is 5.32 Å². The maximum absolute atomic E-state index is 12.2. The number of ketones is 1. The minimum atomic E-state index is -0.732. The van der Waals surface area contributed by atoms with Crippen LogP contribution in [0.25, 0.3) is 0 Å². The van der Waals surface area contributed by atoms with E-state index in [2.05, 4.69) is 5.32 Å². The molecule has 1 aromatic carbocycles. The third-order valence-electron chi connectivity index (χ3n) is 3.60. The number of nitrogens with zero attached hydrogens (tertiary/aromatic N) is 2. The van der Waals surface area contributed by atoms with Crippen molar-refractivity contribution in [3.8, 4) is 0 Å². The van der Waals surface area contributed by atoms with Crippen molar-refractivity contribution in [2.45, 2.75) is 25.9 Å².